The molecule has 0 fully saturated rings. The highest BCUT2D eigenvalue weighted by Crippen LogP contribution is 1.95. The molecule has 3 nitrogen and oxygen atoms in total. The zero-order valence-electron chi connectivity index (χ0n) is 6.92. The summed E-state index contributed by atoms with van der Waals surface area (Å²) in [4.78, 5) is 12.8. The fourth-order valence-corrected chi connectivity index (χ4v) is 1.08. The van der Waals surface area contributed by atoms with Gasteiger partial charge in [-0.1, -0.05) is 12.2 Å². The number of carbonyl (C=O) groups is 1. The molecule has 1 aliphatic heterocycles. The number of amides is 1. The van der Waals surface area contributed by atoms with Crippen LogP contribution in [0.4, 0.5) is 0 Å². The van der Waals surface area contributed by atoms with Crippen molar-refractivity contribution in [1.82, 2.24) is 10.2 Å². The predicted molar refractivity (Wildman–Crippen MR) is 47.4 cm³/mol. The molecule has 0 spiro atoms. The lowest BCUT2D eigenvalue weighted by molar-refractivity contribution is -0.115. The van der Waals surface area contributed by atoms with E-state index in [1.807, 2.05) is 5.92 Å². The molecule has 0 aromatic carbocycles. The highest BCUT2D eigenvalue weighted by molar-refractivity contribution is 5.92. The first kappa shape index (κ1) is 8.82. The molecule has 3 heteroatoms. The standard InChI is InChI=1S/C9H12N2O/c1-2-9(12)10-5-8-11-6-3-4-7-11/h1,3-4H,5-8H2,(H,10,12). The lowest BCUT2D eigenvalue weighted by Gasteiger charge is -2.13. The van der Waals surface area contributed by atoms with Crippen molar-refractivity contribution < 1.29 is 4.79 Å². The summed E-state index contributed by atoms with van der Waals surface area (Å²) in [6, 6.07) is 0. The molecule has 0 aromatic rings. The van der Waals surface area contributed by atoms with E-state index in [4.69, 9.17) is 6.42 Å². The summed E-state index contributed by atoms with van der Waals surface area (Å²) in [5.74, 6) is 1.67. The number of carbonyl (C=O) groups excluding carboxylic acids is 1. The number of terminal acetylenes is 1. The minimum Gasteiger partial charge on any atom is -0.344 e. The van der Waals surface area contributed by atoms with E-state index in [-0.39, 0.29) is 5.91 Å². The molecule has 1 N–H and O–H groups in total. The van der Waals surface area contributed by atoms with Gasteiger partial charge in [-0.05, 0) is 5.92 Å². The maximum absolute atomic E-state index is 10.6. The average molecular weight is 164 g/mol. The molecule has 0 radical (unpaired) electrons. The molecule has 0 aliphatic carbocycles. The van der Waals surface area contributed by atoms with Crippen LogP contribution in [0.15, 0.2) is 12.2 Å². The third-order valence-electron chi connectivity index (χ3n) is 1.74. The van der Waals surface area contributed by atoms with Crippen LogP contribution < -0.4 is 5.32 Å². The van der Waals surface area contributed by atoms with Crippen LogP contribution in [0, 0.1) is 12.3 Å². The highest BCUT2D eigenvalue weighted by atomic mass is 16.1. The zero-order chi connectivity index (χ0) is 8.81. The smallest absolute Gasteiger partial charge is 0.295 e. The first-order chi connectivity index (χ1) is 5.83. The van der Waals surface area contributed by atoms with Gasteiger partial charge in [0.05, 0.1) is 0 Å². The predicted octanol–water partition coefficient (Wildman–Crippen LogP) is -0.392. The molecule has 1 aliphatic rings. The Balaban J connectivity index is 2.03. The van der Waals surface area contributed by atoms with Crippen LogP contribution >= 0.6 is 0 Å². The Labute approximate surface area is 72.4 Å². The largest absolute Gasteiger partial charge is 0.344 e. The molecule has 0 saturated carbocycles. The third kappa shape index (κ3) is 2.77. The molecule has 0 unspecified atom stereocenters. The van der Waals surface area contributed by atoms with Gasteiger partial charge in [-0.25, -0.2) is 0 Å². The van der Waals surface area contributed by atoms with Gasteiger partial charge in [0, 0.05) is 26.2 Å². The van der Waals surface area contributed by atoms with Crippen LogP contribution in [0.1, 0.15) is 0 Å². The molecule has 0 bridgehead atoms. The molecule has 0 atom stereocenters. The van der Waals surface area contributed by atoms with Crippen molar-refractivity contribution in [3.63, 3.8) is 0 Å². The van der Waals surface area contributed by atoms with E-state index in [2.05, 4.69) is 22.4 Å². The van der Waals surface area contributed by atoms with E-state index in [1.54, 1.807) is 0 Å². The molecule has 0 aromatic heterocycles. The van der Waals surface area contributed by atoms with E-state index in [0.29, 0.717) is 6.54 Å². The Hall–Kier alpha value is -1.27. The Bertz CT molecular complexity index is 219. The van der Waals surface area contributed by atoms with Gasteiger partial charge in [-0.3, -0.25) is 9.69 Å². The monoisotopic (exact) mass is 164 g/mol. The van der Waals surface area contributed by atoms with Gasteiger partial charge in [0.2, 0.25) is 0 Å². The number of hydrogen-bond acceptors (Lipinski definition) is 2. The summed E-state index contributed by atoms with van der Waals surface area (Å²) in [5, 5.41) is 2.61. The second-order valence-electron chi connectivity index (χ2n) is 2.63. The van der Waals surface area contributed by atoms with Crippen LogP contribution in [-0.2, 0) is 4.79 Å². The maximum Gasteiger partial charge on any atom is 0.295 e. The lowest BCUT2D eigenvalue weighted by atomic mass is 10.5. The molecule has 1 rings (SSSR count). The highest BCUT2D eigenvalue weighted by Gasteiger charge is 2.04. The molecular formula is C9H12N2O. The first-order valence-corrected chi connectivity index (χ1v) is 3.94. The Morgan fingerprint density at radius 1 is 1.58 bits per heavy atom. The second kappa shape index (κ2) is 4.58. The summed E-state index contributed by atoms with van der Waals surface area (Å²) in [6.07, 6.45) is 9.11. The minimum absolute atomic E-state index is 0.331. The second-order valence-corrected chi connectivity index (χ2v) is 2.63. The number of rotatable bonds is 3. The topological polar surface area (TPSA) is 32.3 Å². The van der Waals surface area contributed by atoms with Crippen molar-refractivity contribution in [1.29, 1.82) is 0 Å². The van der Waals surface area contributed by atoms with E-state index >= 15 is 0 Å². The SMILES string of the molecule is C#CC(=O)NCCN1CC=CC1. The Morgan fingerprint density at radius 3 is 2.83 bits per heavy atom. The zero-order valence-corrected chi connectivity index (χ0v) is 6.92. The molecule has 1 heterocycles. The molecule has 0 saturated heterocycles. The molecule has 12 heavy (non-hydrogen) atoms. The van der Waals surface area contributed by atoms with Crippen molar-refractivity contribution in [2.45, 2.75) is 0 Å². The van der Waals surface area contributed by atoms with Crippen LogP contribution in [0.2, 0.25) is 0 Å². The van der Waals surface area contributed by atoms with Crippen molar-refractivity contribution in [2.24, 2.45) is 0 Å². The van der Waals surface area contributed by atoms with E-state index in [0.717, 1.165) is 19.6 Å². The van der Waals surface area contributed by atoms with Crippen molar-refractivity contribution in [3.05, 3.63) is 12.2 Å². The van der Waals surface area contributed by atoms with Crippen LogP contribution in [0.25, 0.3) is 0 Å². The average Bonchev–Trinajstić information content (AvgIpc) is 2.57. The van der Waals surface area contributed by atoms with Crippen molar-refractivity contribution >= 4 is 5.91 Å². The van der Waals surface area contributed by atoms with E-state index in [1.165, 1.54) is 0 Å². The van der Waals surface area contributed by atoms with Crippen LogP contribution in [-0.4, -0.2) is 37.0 Å². The van der Waals surface area contributed by atoms with Crippen molar-refractivity contribution in [2.75, 3.05) is 26.2 Å². The fraction of sp³-hybridized carbons (Fsp3) is 0.444. The van der Waals surface area contributed by atoms with E-state index < -0.39 is 0 Å². The van der Waals surface area contributed by atoms with Gasteiger partial charge in [0.1, 0.15) is 0 Å². The summed E-state index contributed by atoms with van der Waals surface area (Å²) < 4.78 is 0. The molecule has 1 amide bonds. The van der Waals surface area contributed by atoms with Crippen LogP contribution in [0.5, 0.6) is 0 Å². The summed E-state index contributed by atoms with van der Waals surface area (Å²) >= 11 is 0. The van der Waals surface area contributed by atoms with Gasteiger partial charge < -0.3 is 5.32 Å². The number of hydrogen-bond donors (Lipinski definition) is 1. The maximum atomic E-state index is 10.6. The van der Waals surface area contributed by atoms with Crippen LogP contribution in [0.3, 0.4) is 0 Å². The molecule has 64 valence electrons. The summed E-state index contributed by atoms with van der Waals surface area (Å²) in [7, 11) is 0. The summed E-state index contributed by atoms with van der Waals surface area (Å²) in [5.41, 5.74) is 0. The quantitative estimate of drug-likeness (QED) is 0.455. The fourth-order valence-electron chi connectivity index (χ4n) is 1.08. The van der Waals surface area contributed by atoms with E-state index in [9.17, 15) is 4.79 Å². The number of nitrogens with one attached hydrogen (secondary N) is 1. The summed E-state index contributed by atoms with van der Waals surface area (Å²) in [6.45, 7) is 3.45. The molecular weight excluding hydrogens is 152 g/mol. The van der Waals surface area contributed by atoms with Gasteiger partial charge in [0.15, 0.2) is 0 Å². The lowest BCUT2D eigenvalue weighted by Crippen LogP contribution is -2.32. The normalized spacial score (nSPS) is 15.9. The Morgan fingerprint density at radius 2 is 2.25 bits per heavy atom. The van der Waals surface area contributed by atoms with Gasteiger partial charge in [-0.15, -0.1) is 6.42 Å². The minimum atomic E-state index is -0.331. The third-order valence-corrected chi connectivity index (χ3v) is 1.74. The van der Waals surface area contributed by atoms with Gasteiger partial charge >= 0.3 is 0 Å². The first-order valence-electron chi connectivity index (χ1n) is 3.94. The van der Waals surface area contributed by atoms with Gasteiger partial charge in [-0.2, -0.15) is 0 Å². The number of nitrogens with zero attached hydrogens (tertiary/aromatic N) is 1. The van der Waals surface area contributed by atoms with Gasteiger partial charge in [0.25, 0.3) is 5.91 Å². The Kier molecular flexibility index (Phi) is 3.36. The van der Waals surface area contributed by atoms with Crippen molar-refractivity contribution in [3.8, 4) is 12.3 Å².